The highest BCUT2D eigenvalue weighted by atomic mass is 16.5. The molecule has 0 radical (unpaired) electrons. The van der Waals surface area contributed by atoms with Crippen molar-refractivity contribution in [2.75, 3.05) is 6.61 Å². The summed E-state index contributed by atoms with van der Waals surface area (Å²) in [6.45, 7) is 2.64. The molecular formula is C14H17N3O2. The Morgan fingerprint density at radius 1 is 1.42 bits per heavy atom. The third-order valence-electron chi connectivity index (χ3n) is 3.39. The van der Waals surface area contributed by atoms with E-state index in [-0.39, 0.29) is 12.0 Å². The van der Waals surface area contributed by atoms with Crippen LogP contribution in [0.15, 0.2) is 28.8 Å². The van der Waals surface area contributed by atoms with Crippen molar-refractivity contribution in [1.82, 2.24) is 10.1 Å². The summed E-state index contributed by atoms with van der Waals surface area (Å²) in [5, 5.41) is 4.05. The number of hydrogen-bond donors (Lipinski definition) is 1. The molecule has 1 aliphatic heterocycles. The van der Waals surface area contributed by atoms with Crippen LogP contribution in [-0.4, -0.2) is 16.7 Å². The van der Waals surface area contributed by atoms with Crippen LogP contribution in [0, 0.1) is 0 Å². The second-order valence-electron chi connectivity index (χ2n) is 4.79. The number of nitrogens with two attached hydrogens (primary N) is 1. The van der Waals surface area contributed by atoms with Crippen LogP contribution in [0.3, 0.4) is 0 Å². The third-order valence-corrected chi connectivity index (χ3v) is 3.39. The fraction of sp³-hybridized carbons (Fsp3) is 0.429. The molecule has 2 N–H and O–H groups in total. The van der Waals surface area contributed by atoms with E-state index in [4.69, 9.17) is 15.0 Å². The molecule has 2 aromatic rings. The van der Waals surface area contributed by atoms with E-state index in [1.807, 2.05) is 24.3 Å². The van der Waals surface area contributed by atoms with Crippen LogP contribution >= 0.6 is 0 Å². The smallest absolute Gasteiger partial charge is 0.243 e. The molecule has 0 bridgehead atoms. The summed E-state index contributed by atoms with van der Waals surface area (Å²) in [6, 6.07) is 7.77. The van der Waals surface area contributed by atoms with Gasteiger partial charge in [0.2, 0.25) is 5.89 Å². The summed E-state index contributed by atoms with van der Waals surface area (Å²) in [5.41, 5.74) is 7.09. The van der Waals surface area contributed by atoms with Gasteiger partial charge >= 0.3 is 0 Å². The van der Waals surface area contributed by atoms with Gasteiger partial charge in [-0.1, -0.05) is 36.7 Å². The predicted octanol–water partition coefficient (Wildman–Crippen LogP) is 2.39. The van der Waals surface area contributed by atoms with Crippen molar-refractivity contribution in [3.8, 4) is 5.75 Å². The second-order valence-corrected chi connectivity index (χ2v) is 4.79. The Balaban J connectivity index is 1.85. The lowest BCUT2D eigenvalue weighted by molar-refractivity contribution is 0.326. The van der Waals surface area contributed by atoms with Crippen molar-refractivity contribution in [3.05, 3.63) is 41.5 Å². The zero-order chi connectivity index (χ0) is 13.2. The van der Waals surface area contributed by atoms with Crippen LogP contribution in [0.2, 0.25) is 0 Å². The van der Waals surface area contributed by atoms with Crippen molar-refractivity contribution < 1.29 is 9.26 Å². The van der Waals surface area contributed by atoms with Gasteiger partial charge in [0.05, 0.1) is 12.0 Å². The predicted molar refractivity (Wildman–Crippen MR) is 69.9 cm³/mol. The molecule has 5 heteroatoms. The van der Waals surface area contributed by atoms with Crippen molar-refractivity contribution in [3.63, 3.8) is 0 Å². The molecule has 0 saturated heterocycles. The van der Waals surface area contributed by atoms with Gasteiger partial charge in [-0.3, -0.25) is 0 Å². The van der Waals surface area contributed by atoms with Gasteiger partial charge in [-0.15, -0.1) is 0 Å². The summed E-state index contributed by atoms with van der Waals surface area (Å²) in [4.78, 5) is 4.43. The van der Waals surface area contributed by atoms with Crippen LogP contribution in [0.1, 0.15) is 49.0 Å². The average molecular weight is 259 g/mol. The van der Waals surface area contributed by atoms with E-state index in [9.17, 15) is 0 Å². The minimum absolute atomic E-state index is 0.0440. The fourth-order valence-electron chi connectivity index (χ4n) is 2.35. The van der Waals surface area contributed by atoms with Crippen LogP contribution in [0.5, 0.6) is 5.75 Å². The molecule has 0 aliphatic carbocycles. The van der Waals surface area contributed by atoms with Crippen LogP contribution < -0.4 is 10.5 Å². The van der Waals surface area contributed by atoms with Crippen molar-refractivity contribution in [2.45, 2.75) is 31.7 Å². The fourth-order valence-corrected chi connectivity index (χ4v) is 2.35. The first-order chi connectivity index (χ1) is 9.29. The molecule has 1 aromatic carbocycles. The molecule has 5 nitrogen and oxygen atoms in total. The maximum Gasteiger partial charge on any atom is 0.243 e. The Bertz CT molecular complexity index is 567. The van der Waals surface area contributed by atoms with Crippen LogP contribution in [0.25, 0.3) is 0 Å². The van der Waals surface area contributed by atoms with Gasteiger partial charge in [0, 0.05) is 5.56 Å². The maximum atomic E-state index is 5.98. The highest BCUT2D eigenvalue weighted by Gasteiger charge is 2.30. The van der Waals surface area contributed by atoms with Gasteiger partial charge in [0.15, 0.2) is 5.82 Å². The first kappa shape index (κ1) is 12.2. The first-order valence-corrected chi connectivity index (χ1v) is 6.60. The molecule has 1 aliphatic rings. The highest BCUT2D eigenvalue weighted by molar-refractivity contribution is 5.42. The molecule has 2 heterocycles. The normalized spacial score (nSPS) is 18.9. The zero-order valence-corrected chi connectivity index (χ0v) is 10.9. The molecule has 100 valence electrons. The highest BCUT2D eigenvalue weighted by Crippen LogP contribution is 2.36. The van der Waals surface area contributed by atoms with E-state index < -0.39 is 0 Å². The number of nitrogens with zero attached hydrogens (tertiary/aromatic N) is 2. The number of ether oxygens (including phenoxy) is 1. The number of benzene rings is 1. The van der Waals surface area contributed by atoms with Gasteiger partial charge < -0.3 is 15.0 Å². The summed E-state index contributed by atoms with van der Waals surface area (Å²) in [6.07, 6.45) is 1.84. The van der Waals surface area contributed by atoms with Gasteiger partial charge in [-0.05, 0) is 12.5 Å². The number of para-hydroxylation sites is 1. The van der Waals surface area contributed by atoms with E-state index in [0.29, 0.717) is 18.3 Å². The van der Waals surface area contributed by atoms with Gasteiger partial charge in [-0.2, -0.15) is 4.98 Å². The number of fused-ring (bicyclic) bond motifs is 1. The van der Waals surface area contributed by atoms with Gasteiger partial charge in [-0.25, -0.2) is 0 Å². The lowest BCUT2D eigenvalue weighted by Crippen LogP contribution is -2.11. The van der Waals surface area contributed by atoms with E-state index in [0.717, 1.165) is 24.2 Å². The average Bonchev–Trinajstić information content (AvgIpc) is 3.05. The van der Waals surface area contributed by atoms with E-state index in [2.05, 4.69) is 17.1 Å². The summed E-state index contributed by atoms with van der Waals surface area (Å²) in [7, 11) is 0. The topological polar surface area (TPSA) is 74.2 Å². The Hall–Kier alpha value is -1.88. The quantitative estimate of drug-likeness (QED) is 0.912. The Labute approximate surface area is 111 Å². The number of aromatic nitrogens is 2. The summed E-state index contributed by atoms with van der Waals surface area (Å²) < 4.78 is 10.9. The lowest BCUT2D eigenvalue weighted by atomic mass is 10.0. The molecule has 0 amide bonds. The van der Waals surface area contributed by atoms with Crippen molar-refractivity contribution in [2.24, 2.45) is 5.73 Å². The van der Waals surface area contributed by atoms with Crippen molar-refractivity contribution in [1.29, 1.82) is 0 Å². The Morgan fingerprint density at radius 2 is 2.26 bits per heavy atom. The summed E-state index contributed by atoms with van der Waals surface area (Å²) in [5.74, 6) is 2.12. The van der Waals surface area contributed by atoms with E-state index in [1.54, 1.807) is 0 Å². The standard InChI is InChI=1S/C14H17N3O2/c1-2-5-11(15)14-16-13(17-19-14)10-8-18-12-7-4-3-6-9(10)12/h3-4,6-7,10-11H,2,5,8,15H2,1H3. The van der Waals surface area contributed by atoms with Crippen LogP contribution in [-0.2, 0) is 0 Å². The molecule has 3 rings (SSSR count). The first-order valence-electron chi connectivity index (χ1n) is 6.60. The molecule has 0 fully saturated rings. The summed E-state index contributed by atoms with van der Waals surface area (Å²) >= 11 is 0. The zero-order valence-electron chi connectivity index (χ0n) is 10.9. The van der Waals surface area contributed by atoms with Crippen LogP contribution in [0.4, 0.5) is 0 Å². The second kappa shape index (κ2) is 5.01. The monoisotopic (exact) mass is 259 g/mol. The maximum absolute atomic E-state index is 5.98. The Morgan fingerprint density at radius 3 is 3.11 bits per heavy atom. The largest absolute Gasteiger partial charge is 0.492 e. The molecular weight excluding hydrogens is 242 g/mol. The Kier molecular flexibility index (Phi) is 3.21. The van der Waals surface area contributed by atoms with Crippen molar-refractivity contribution >= 4 is 0 Å². The van der Waals surface area contributed by atoms with E-state index >= 15 is 0 Å². The SMILES string of the molecule is CCCC(N)c1nc(C2COc3ccccc32)no1. The number of rotatable bonds is 4. The molecule has 0 spiro atoms. The lowest BCUT2D eigenvalue weighted by Gasteiger charge is -2.03. The third kappa shape index (κ3) is 2.21. The number of hydrogen-bond acceptors (Lipinski definition) is 5. The molecule has 0 saturated carbocycles. The molecule has 2 unspecified atom stereocenters. The van der Waals surface area contributed by atoms with Gasteiger partial charge in [0.25, 0.3) is 0 Å². The van der Waals surface area contributed by atoms with E-state index in [1.165, 1.54) is 0 Å². The minimum atomic E-state index is -0.177. The molecule has 2 atom stereocenters. The molecule has 19 heavy (non-hydrogen) atoms. The van der Waals surface area contributed by atoms with Gasteiger partial charge in [0.1, 0.15) is 12.4 Å². The minimum Gasteiger partial charge on any atom is -0.492 e. The molecule has 1 aromatic heterocycles.